The van der Waals surface area contributed by atoms with Gasteiger partial charge in [0.05, 0.1) is 17.6 Å². The Balaban J connectivity index is 1.97. The van der Waals surface area contributed by atoms with Crippen molar-refractivity contribution in [3.8, 4) is 17.3 Å². The number of aliphatic hydroxyl groups is 1. The Morgan fingerprint density at radius 3 is 2.79 bits per heavy atom. The molecule has 0 radical (unpaired) electrons. The largest absolute Gasteiger partial charge is 0.460 e. The fourth-order valence-corrected chi connectivity index (χ4v) is 3.15. The summed E-state index contributed by atoms with van der Waals surface area (Å²) in [6.45, 7) is -0.495. The lowest BCUT2D eigenvalue weighted by Crippen LogP contribution is -2.27. The van der Waals surface area contributed by atoms with E-state index in [0.29, 0.717) is 16.8 Å². The van der Waals surface area contributed by atoms with E-state index < -0.39 is 23.8 Å². The number of nitrogens with zero attached hydrogens (tertiary/aromatic N) is 2. The number of nitrogens with one attached hydrogen (secondary N) is 1. The van der Waals surface area contributed by atoms with Crippen LogP contribution in [0.4, 0.5) is 10.1 Å². The second kappa shape index (κ2) is 6.68. The summed E-state index contributed by atoms with van der Waals surface area (Å²) in [4.78, 5) is 12.4. The number of rotatable bonds is 3. The van der Waals surface area contributed by atoms with Crippen LogP contribution in [0.25, 0.3) is 11.3 Å². The molecule has 3 aromatic rings. The zero-order chi connectivity index (χ0) is 19.8. The summed E-state index contributed by atoms with van der Waals surface area (Å²) in [6.07, 6.45) is 1.31. The molecule has 0 amide bonds. The van der Waals surface area contributed by atoms with E-state index in [2.05, 4.69) is 10.5 Å². The molecule has 0 aliphatic carbocycles. The third-order valence-corrected chi connectivity index (χ3v) is 4.43. The van der Waals surface area contributed by atoms with Gasteiger partial charge in [0, 0.05) is 17.2 Å². The molecule has 8 nitrogen and oxygen atoms in total. The van der Waals surface area contributed by atoms with Crippen LogP contribution >= 0.6 is 0 Å². The average molecular weight is 380 g/mol. The van der Waals surface area contributed by atoms with Crippen molar-refractivity contribution in [1.29, 1.82) is 5.26 Å². The molecule has 1 atom stereocenters. The van der Waals surface area contributed by atoms with Gasteiger partial charge in [0.1, 0.15) is 47.4 Å². The van der Waals surface area contributed by atoms with Gasteiger partial charge < -0.3 is 25.1 Å². The van der Waals surface area contributed by atoms with E-state index in [1.807, 2.05) is 6.07 Å². The predicted molar refractivity (Wildman–Crippen MR) is 95.1 cm³/mol. The first-order valence-electron chi connectivity index (χ1n) is 8.18. The lowest BCUT2D eigenvalue weighted by Gasteiger charge is -2.25. The van der Waals surface area contributed by atoms with E-state index in [0.717, 1.165) is 6.07 Å². The van der Waals surface area contributed by atoms with Crippen LogP contribution in [-0.4, -0.2) is 10.3 Å². The fourth-order valence-electron chi connectivity index (χ4n) is 3.15. The lowest BCUT2D eigenvalue weighted by atomic mass is 9.85. The molecule has 3 heterocycles. The van der Waals surface area contributed by atoms with Crippen molar-refractivity contribution in [2.75, 3.05) is 5.32 Å². The Labute approximate surface area is 157 Å². The number of anilines is 1. The predicted octanol–water partition coefficient (Wildman–Crippen LogP) is 2.18. The van der Waals surface area contributed by atoms with Crippen LogP contribution in [0.5, 0.6) is 0 Å². The van der Waals surface area contributed by atoms with Crippen LogP contribution in [0.2, 0.25) is 0 Å². The minimum Gasteiger partial charge on any atom is -0.460 e. The smallest absolute Gasteiger partial charge is 0.209 e. The van der Waals surface area contributed by atoms with Crippen molar-refractivity contribution in [1.82, 2.24) is 5.16 Å². The first kappa shape index (κ1) is 17.5. The Kier molecular flexibility index (Phi) is 4.18. The summed E-state index contributed by atoms with van der Waals surface area (Å²) in [7, 11) is 0. The highest BCUT2D eigenvalue weighted by atomic mass is 19.1. The summed E-state index contributed by atoms with van der Waals surface area (Å²) >= 11 is 0. The zero-order valence-electron chi connectivity index (χ0n) is 14.3. The van der Waals surface area contributed by atoms with Crippen molar-refractivity contribution in [2.45, 2.75) is 12.5 Å². The van der Waals surface area contributed by atoms with Crippen molar-refractivity contribution in [3.05, 3.63) is 81.1 Å². The SMILES string of the molecule is N#CC1=C(N)Nc2c(oc(CO)cc2=O)C1c1conc1-c1ccc(F)cc1. The molecule has 140 valence electrons. The van der Waals surface area contributed by atoms with Gasteiger partial charge in [-0.3, -0.25) is 4.79 Å². The molecule has 2 aromatic heterocycles. The number of aliphatic hydroxyl groups excluding tert-OH is 1. The van der Waals surface area contributed by atoms with Gasteiger partial charge >= 0.3 is 0 Å². The molecule has 0 spiro atoms. The highest BCUT2D eigenvalue weighted by Gasteiger charge is 2.36. The molecule has 1 aliphatic rings. The maximum Gasteiger partial charge on any atom is 0.209 e. The number of allylic oxidation sites excluding steroid dienone is 1. The molecule has 0 saturated heterocycles. The highest BCUT2D eigenvalue weighted by molar-refractivity contribution is 5.70. The number of hydrogen-bond acceptors (Lipinski definition) is 8. The Morgan fingerprint density at radius 1 is 1.36 bits per heavy atom. The highest BCUT2D eigenvalue weighted by Crippen LogP contribution is 2.42. The first-order chi connectivity index (χ1) is 13.5. The quantitative estimate of drug-likeness (QED) is 0.628. The molecular formula is C19H13FN4O4. The van der Waals surface area contributed by atoms with E-state index >= 15 is 0 Å². The lowest BCUT2D eigenvalue weighted by molar-refractivity contribution is 0.238. The minimum absolute atomic E-state index is 0.00435. The summed E-state index contributed by atoms with van der Waals surface area (Å²) in [5.41, 5.74) is 6.97. The summed E-state index contributed by atoms with van der Waals surface area (Å²) < 4.78 is 24.1. The van der Waals surface area contributed by atoms with E-state index in [1.54, 1.807) is 0 Å². The van der Waals surface area contributed by atoms with Crippen molar-refractivity contribution in [3.63, 3.8) is 0 Å². The van der Waals surface area contributed by atoms with Crippen LogP contribution < -0.4 is 16.5 Å². The van der Waals surface area contributed by atoms with Gasteiger partial charge in [-0.1, -0.05) is 5.16 Å². The maximum absolute atomic E-state index is 13.3. The van der Waals surface area contributed by atoms with Crippen LogP contribution in [0.1, 0.15) is 23.0 Å². The van der Waals surface area contributed by atoms with E-state index in [4.69, 9.17) is 14.7 Å². The molecule has 9 heteroatoms. The maximum atomic E-state index is 13.3. The molecule has 4 N–H and O–H groups in total. The van der Waals surface area contributed by atoms with Crippen LogP contribution in [0, 0.1) is 17.1 Å². The number of benzene rings is 1. The molecule has 1 aliphatic heterocycles. The third kappa shape index (κ3) is 2.72. The molecule has 1 aromatic carbocycles. The Hall–Kier alpha value is -3.90. The molecule has 28 heavy (non-hydrogen) atoms. The average Bonchev–Trinajstić information content (AvgIpc) is 3.17. The molecule has 0 fully saturated rings. The Bertz CT molecular complexity index is 1190. The topological polar surface area (TPSA) is 138 Å². The second-order valence-electron chi connectivity index (χ2n) is 6.10. The first-order valence-corrected chi connectivity index (χ1v) is 8.18. The minimum atomic E-state index is -0.897. The molecule has 4 rings (SSSR count). The number of nitrogens with two attached hydrogens (primary N) is 1. The molecule has 0 bridgehead atoms. The van der Waals surface area contributed by atoms with Crippen molar-refractivity contribution >= 4 is 5.69 Å². The van der Waals surface area contributed by atoms with Gasteiger partial charge in [0.25, 0.3) is 0 Å². The number of halogens is 1. The number of nitriles is 1. The number of fused-ring (bicyclic) bond motifs is 1. The van der Waals surface area contributed by atoms with Crippen LogP contribution in [-0.2, 0) is 6.61 Å². The van der Waals surface area contributed by atoms with E-state index in [-0.39, 0.29) is 28.6 Å². The third-order valence-electron chi connectivity index (χ3n) is 4.43. The van der Waals surface area contributed by atoms with E-state index in [1.165, 1.54) is 30.5 Å². The van der Waals surface area contributed by atoms with Gasteiger partial charge in [-0.15, -0.1) is 0 Å². The van der Waals surface area contributed by atoms with Crippen LogP contribution in [0.3, 0.4) is 0 Å². The van der Waals surface area contributed by atoms with Gasteiger partial charge in [0.15, 0.2) is 0 Å². The number of hydrogen-bond donors (Lipinski definition) is 3. The molecule has 1 unspecified atom stereocenters. The zero-order valence-corrected chi connectivity index (χ0v) is 14.3. The van der Waals surface area contributed by atoms with Crippen LogP contribution in [0.15, 0.2) is 61.7 Å². The summed E-state index contributed by atoms with van der Waals surface area (Å²) in [6, 6.07) is 8.72. The second-order valence-corrected chi connectivity index (χ2v) is 6.10. The van der Waals surface area contributed by atoms with E-state index in [9.17, 15) is 19.6 Å². The van der Waals surface area contributed by atoms with Gasteiger partial charge in [-0.2, -0.15) is 5.26 Å². The van der Waals surface area contributed by atoms with Crippen molar-refractivity contribution in [2.24, 2.45) is 5.73 Å². The molecule has 0 saturated carbocycles. The Morgan fingerprint density at radius 2 is 2.11 bits per heavy atom. The van der Waals surface area contributed by atoms with Gasteiger partial charge in [-0.05, 0) is 24.3 Å². The standard InChI is InChI=1S/C19H13FN4O4/c20-10-3-1-9(2-4-10)16-13(8-27-24-16)15-12(6-21)19(22)23-17-14(26)5-11(7-25)28-18(15)17/h1-5,8,15,23,25H,7,22H2. The summed E-state index contributed by atoms with van der Waals surface area (Å²) in [5, 5.41) is 25.7. The van der Waals surface area contributed by atoms with Gasteiger partial charge in [0.2, 0.25) is 5.43 Å². The fraction of sp³-hybridized carbons (Fsp3) is 0.105. The summed E-state index contributed by atoms with van der Waals surface area (Å²) in [5.74, 6) is -1.18. The number of aromatic nitrogens is 1. The normalized spacial score (nSPS) is 15.7. The molecular weight excluding hydrogens is 367 g/mol. The monoisotopic (exact) mass is 380 g/mol. The van der Waals surface area contributed by atoms with Crippen molar-refractivity contribution < 1.29 is 18.4 Å². The van der Waals surface area contributed by atoms with Gasteiger partial charge in [-0.25, -0.2) is 4.39 Å².